The maximum atomic E-state index is 13.5. The van der Waals surface area contributed by atoms with Crippen molar-refractivity contribution in [2.45, 2.75) is 12.5 Å². The Morgan fingerprint density at radius 1 is 1.14 bits per heavy atom. The summed E-state index contributed by atoms with van der Waals surface area (Å²) in [7, 11) is 0. The molecule has 0 amide bonds. The van der Waals surface area contributed by atoms with Crippen LogP contribution in [0.25, 0.3) is 0 Å². The SMILES string of the molecule is O=C(Cc1cc(F)ccc1F)C1COc2ccccc2O1. The van der Waals surface area contributed by atoms with Crippen LogP contribution in [0.3, 0.4) is 0 Å². The number of hydrogen-bond acceptors (Lipinski definition) is 3. The predicted octanol–water partition coefficient (Wildman–Crippen LogP) is 2.92. The molecule has 0 saturated heterocycles. The standard InChI is InChI=1S/C16H12F2O3/c17-11-5-6-12(18)10(7-11)8-13(19)16-9-20-14-3-1-2-4-15(14)21-16/h1-7,16H,8-9H2. The van der Waals surface area contributed by atoms with E-state index in [1.165, 1.54) is 0 Å². The molecule has 1 aliphatic rings. The molecule has 5 heteroatoms. The van der Waals surface area contributed by atoms with Gasteiger partial charge >= 0.3 is 0 Å². The number of ketones is 1. The van der Waals surface area contributed by atoms with E-state index in [4.69, 9.17) is 9.47 Å². The number of halogens is 2. The Labute approximate surface area is 120 Å². The van der Waals surface area contributed by atoms with Gasteiger partial charge in [-0.25, -0.2) is 8.78 Å². The van der Waals surface area contributed by atoms with Crippen molar-refractivity contribution in [2.75, 3.05) is 6.61 Å². The van der Waals surface area contributed by atoms with Crippen LogP contribution in [-0.4, -0.2) is 18.5 Å². The molecule has 2 aromatic carbocycles. The van der Waals surface area contributed by atoms with Gasteiger partial charge in [0.25, 0.3) is 0 Å². The quantitative estimate of drug-likeness (QED) is 0.872. The van der Waals surface area contributed by atoms with Crippen LogP contribution in [0, 0.1) is 11.6 Å². The summed E-state index contributed by atoms with van der Waals surface area (Å²) in [5.74, 6) is -0.499. The molecule has 0 N–H and O–H groups in total. The number of benzene rings is 2. The lowest BCUT2D eigenvalue weighted by molar-refractivity contribution is -0.127. The molecule has 2 aromatic rings. The highest BCUT2D eigenvalue weighted by atomic mass is 19.1. The lowest BCUT2D eigenvalue weighted by Gasteiger charge is -2.25. The summed E-state index contributed by atoms with van der Waals surface area (Å²) >= 11 is 0. The highest BCUT2D eigenvalue weighted by Gasteiger charge is 2.27. The molecule has 1 unspecified atom stereocenters. The lowest BCUT2D eigenvalue weighted by atomic mass is 10.0. The molecule has 3 nitrogen and oxygen atoms in total. The third-order valence-corrected chi connectivity index (χ3v) is 3.24. The summed E-state index contributed by atoms with van der Waals surface area (Å²) in [6, 6.07) is 10.0. The first-order valence-electron chi connectivity index (χ1n) is 6.48. The number of carbonyl (C=O) groups is 1. The van der Waals surface area contributed by atoms with Crippen molar-refractivity contribution in [3.8, 4) is 11.5 Å². The molecule has 0 aromatic heterocycles. The molecule has 21 heavy (non-hydrogen) atoms. The maximum Gasteiger partial charge on any atom is 0.191 e. The Bertz CT molecular complexity index is 685. The molecule has 0 fully saturated rings. The molecule has 3 rings (SSSR count). The maximum absolute atomic E-state index is 13.5. The van der Waals surface area contributed by atoms with Gasteiger partial charge in [-0.15, -0.1) is 0 Å². The molecule has 108 valence electrons. The fourth-order valence-electron chi connectivity index (χ4n) is 2.16. The molecule has 1 atom stereocenters. The number of ether oxygens (including phenoxy) is 2. The van der Waals surface area contributed by atoms with E-state index < -0.39 is 17.7 Å². The zero-order chi connectivity index (χ0) is 14.8. The van der Waals surface area contributed by atoms with Gasteiger partial charge in [-0.2, -0.15) is 0 Å². The summed E-state index contributed by atoms with van der Waals surface area (Å²) in [5, 5.41) is 0. The van der Waals surface area contributed by atoms with Crippen LogP contribution in [-0.2, 0) is 11.2 Å². The minimum atomic E-state index is -0.817. The Balaban J connectivity index is 1.74. The highest BCUT2D eigenvalue weighted by molar-refractivity contribution is 5.86. The summed E-state index contributed by atoms with van der Waals surface area (Å²) < 4.78 is 37.6. The van der Waals surface area contributed by atoms with Gasteiger partial charge in [0.15, 0.2) is 23.4 Å². The smallest absolute Gasteiger partial charge is 0.191 e. The molecule has 0 radical (unpaired) electrons. The van der Waals surface area contributed by atoms with Crippen LogP contribution in [0.5, 0.6) is 11.5 Å². The van der Waals surface area contributed by atoms with Gasteiger partial charge in [-0.3, -0.25) is 4.79 Å². The van der Waals surface area contributed by atoms with Crippen molar-refractivity contribution < 1.29 is 23.0 Å². The minimum Gasteiger partial charge on any atom is -0.485 e. The molecule has 0 saturated carbocycles. The van der Waals surface area contributed by atoms with E-state index in [-0.39, 0.29) is 24.4 Å². The summed E-state index contributed by atoms with van der Waals surface area (Å²) in [5.41, 5.74) is 0.0162. The second kappa shape index (κ2) is 5.52. The van der Waals surface area contributed by atoms with Crippen molar-refractivity contribution in [1.29, 1.82) is 0 Å². The van der Waals surface area contributed by atoms with Crippen LogP contribution >= 0.6 is 0 Å². The highest BCUT2D eigenvalue weighted by Crippen LogP contribution is 2.31. The van der Waals surface area contributed by atoms with Crippen LogP contribution < -0.4 is 9.47 Å². The fraction of sp³-hybridized carbons (Fsp3) is 0.188. The van der Waals surface area contributed by atoms with Gasteiger partial charge in [0.2, 0.25) is 0 Å². The van der Waals surface area contributed by atoms with Crippen molar-refractivity contribution in [1.82, 2.24) is 0 Å². The van der Waals surface area contributed by atoms with Crippen LogP contribution in [0.15, 0.2) is 42.5 Å². The zero-order valence-corrected chi connectivity index (χ0v) is 11.0. The second-order valence-electron chi connectivity index (χ2n) is 4.74. The summed E-state index contributed by atoms with van der Waals surface area (Å²) in [6.07, 6.45) is -1.05. The Morgan fingerprint density at radius 3 is 2.71 bits per heavy atom. The summed E-state index contributed by atoms with van der Waals surface area (Å²) in [4.78, 5) is 12.1. The number of Topliss-reactive ketones (excluding diaryl/α,β-unsaturated/α-hetero) is 1. The van der Waals surface area contributed by atoms with Gasteiger partial charge in [-0.1, -0.05) is 12.1 Å². The molecule has 0 spiro atoms. The average molecular weight is 290 g/mol. The number of fused-ring (bicyclic) bond motifs is 1. The van der Waals surface area contributed by atoms with E-state index in [9.17, 15) is 13.6 Å². The first kappa shape index (κ1) is 13.5. The van der Waals surface area contributed by atoms with Gasteiger partial charge in [0.05, 0.1) is 0 Å². The number of carbonyl (C=O) groups excluding carboxylic acids is 1. The fourth-order valence-corrected chi connectivity index (χ4v) is 2.16. The first-order valence-corrected chi connectivity index (χ1v) is 6.48. The minimum absolute atomic E-state index is 0.0162. The molecule has 0 aliphatic carbocycles. The third-order valence-electron chi connectivity index (χ3n) is 3.24. The van der Waals surface area contributed by atoms with Crippen molar-refractivity contribution in [3.63, 3.8) is 0 Å². The molecule has 0 bridgehead atoms. The predicted molar refractivity (Wildman–Crippen MR) is 71.4 cm³/mol. The zero-order valence-electron chi connectivity index (χ0n) is 11.0. The monoisotopic (exact) mass is 290 g/mol. The molecule has 1 aliphatic heterocycles. The van der Waals surface area contributed by atoms with Crippen LogP contribution in [0.1, 0.15) is 5.56 Å². The van der Waals surface area contributed by atoms with Crippen molar-refractivity contribution in [3.05, 3.63) is 59.7 Å². The molecule has 1 heterocycles. The van der Waals surface area contributed by atoms with Gasteiger partial charge in [-0.05, 0) is 35.9 Å². The van der Waals surface area contributed by atoms with Gasteiger partial charge in [0.1, 0.15) is 18.2 Å². The number of rotatable bonds is 3. The van der Waals surface area contributed by atoms with Crippen molar-refractivity contribution >= 4 is 5.78 Å². The van der Waals surface area contributed by atoms with Crippen LogP contribution in [0.4, 0.5) is 8.78 Å². The normalized spacial score (nSPS) is 16.6. The Kier molecular flexibility index (Phi) is 3.56. The Morgan fingerprint density at radius 2 is 1.90 bits per heavy atom. The van der Waals surface area contributed by atoms with E-state index >= 15 is 0 Å². The third kappa shape index (κ3) is 2.86. The van der Waals surface area contributed by atoms with Gasteiger partial charge < -0.3 is 9.47 Å². The number of para-hydroxylation sites is 2. The van der Waals surface area contributed by atoms with E-state index in [1.54, 1.807) is 24.3 Å². The van der Waals surface area contributed by atoms with E-state index in [0.717, 1.165) is 18.2 Å². The summed E-state index contributed by atoms with van der Waals surface area (Å²) in [6.45, 7) is 0.0623. The Hall–Kier alpha value is -2.43. The topological polar surface area (TPSA) is 35.5 Å². The lowest BCUT2D eigenvalue weighted by Crippen LogP contribution is -2.37. The van der Waals surface area contributed by atoms with Crippen LogP contribution in [0.2, 0.25) is 0 Å². The molecular weight excluding hydrogens is 278 g/mol. The average Bonchev–Trinajstić information content (AvgIpc) is 2.50. The number of hydrogen-bond donors (Lipinski definition) is 0. The molecular formula is C16H12F2O3. The second-order valence-corrected chi connectivity index (χ2v) is 4.74. The largest absolute Gasteiger partial charge is 0.485 e. The van der Waals surface area contributed by atoms with Gasteiger partial charge in [0, 0.05) is 6.42 Å². The van der Waals surface area contributed by atoms with E-state index in [1.807, 2.05) is 0 Å². The van der Waals surface area contributed by atoms with E-state index in [2.05, 4.69) is 0 Å². The van der Waals surface area contributed by atoms with Crippen molar-refractivity contribution in [2.24, 2.45) is 0 Å². The first-order chi connectivity index (χ1) is 10.1. The van der Waals surface area contributed by atoms with E-state index in [0.29, 0.717) is 11.5 Å².